The second-order valence-electron chi connectivity index (χ2n) is 3.97. The molecule has 1 fully saturated rings. The first-order chi connectivity index (χ1) is 7.11. The molecule has 2 rings (SSSR count). The van der Waals surface area contributed by atoms with E-state index in [0.717, 1.165) is 12.1 Å². The van der Waals surface area contributed by atoms with Crippen LogP contribution in [-0.4, -0.2) is 39.7 Å². The molecule has 15 heavy (non-hydrogen) atoms. The summed E-state index contributed by atoms with van der Waals surface area (Å²) in [6, 6.07) is 2.00. The molecule has 1 amide bonds. The van der Waals surface area contributed by atoms with E-state index in [4.69, 9.17) is 5.73 Å². The Morgan fingerprint density at radius 2 is 2.33 bits per heavy atom. The number of aromatic nitrogens is 2. The Hall–Kier alpha value is -1.36. The van der Waals surface area contributed by atoms with Crippen molar-refractivity contribution in [2.75, 3.05) is 13.1 Å². The fourth-order valence-electron chi connectivity index (χ4n) is 1.74. The van der Waals surface area contributed by atoms with E-state index in [0.29, 0.717) is 18.8 Å². The van der Waals surface area contributed by atoms with E-state index in [9.17, 15) is 4.79 Å². The Kier molecular flexibility index (Phi) is 2.48. The lowest BCUT2D eigenvalue weighted by Crippen LogP contribution is -2.58. The van der Waals surface area contributed by atoms with Crippen LogP contribution in [0.2, 0.25) is 0 Å². The first kappa shape index (κ1) is 10.2. The highest BCUT2D eigenvalue weighted by atomic mass is 16.2. The van der Waals surface area contributed by atoms with Gasteiger partial charge in [0.1, 0.15) is 5.69 Å². The molecule has 82 valence electrons. The molecule has 0 unspecified atom stereocenters. The Labute approximate surface area is 88.8 Å². The van der Waals surface area contributed by atoms with Gasteiger partial charge in [0.2, 0.25) is 0 Å². The third-order valence-electron chi connectivity index (χ3n) is 2.71. The molecule has 1 aromatic heterocycles. The van der Waals surface area contributed by atoms with Gasteiger partial charge < -0.3 is 10.6 Å². The van der Waals surface area contributed by atoms with Gasteiger partial charge in [0.25, 0.3) is 5.91 Å². The van der Waals surface area contributed by atoms with Crippen molar-refractivity contribution in [1.82, 2.24) is 14.7 Å². The summed E-state index contributed by atoms with van der Waals surface area (Å²) in [6.45, 7) is 3.34. The average molecular weight is 208 g/mol. The van der Waals surface area contributed by atoms with Crippen LogP contribution in [0.15, 0.2) is 6.07 Å². The second-order valence-corrected chi connectivity index (χ2v) is 3.97. The smallest absolute Gasteiger partial charge is 0.272 e. The molecular formula is C10H16N4O. The van der Waals surface area contributed by atoms with Gasteiger partial charge in [-0.2, -0.15) is 5.10 Å². The van der Waals surface area contributed by atoms with E-state index in [-0.39, 0.29) is 11.9 Å². The van der Waals surface area contributed by atoms with Gasteiger partial charge in [0.15, 0.2) is 0 Å². The fourth-order valence-corrected chi connectivity index (χ4v) is 1.74. The molecule has 1 aromatic rings. The summed E-state index contributed by atoms with van der Waals surface area (Å²) in [5.74, 6) is 0.0337. The molecule has 0 aromatic carbocycles. The SMILES string of the molecule is CCc1cc(C(=O)N2CC(N)C2)n(C)n1. The number of amides is 1. The van der Waals surface area contributed by atoms with Crippen LogP contribution in [0.1, 0.15) is 23.1 Å². The second kappa shape index (κ2) is 3.66. The normalized spacial score (nSPS) is 16.6. The van der Waals surface area contributed by atoms with Crippen molar-refractivity contribution < 1.29 is 4.79 Å². The third-order valence-corrected chi connectivity index (χ3v) is 2.71. The lowest BCUT2D eigenvalue weighted by atomic mass is 10.1. The molecule has 1 saturated heterocycles. The number of nitrogens with zero attached hydrogens (tertiary/aromatic N) is 3. The van der Waals surface area contributed by atoms with Crippen LogP contribution in [0.4, 0.5) is 0 Å². The van der Waals surface area contributed by atoms with Gasteiger partial charge in [-0.25, -0.2) is 0 Å². The van der Waals surface area contributed by atoms with Gasteiger partial charge in [-0.05, 0) is 12.5 Å². The highest BCUT2D eigenvalue weighted by molar-refractivity contribution is 5.93. The zero-order valence-corrected chi connectivity index (χ0v) is 9.10. The predicted octanol–water partition coefficient (Wildman–Crippen LogP) is -0.234. The lowest BCUT2D eigenvalue weighted by Gasteiger charge is -2.36. The summed E-state index contributed by atoms with van der Waals surface area (Å²) >= 11 is 0. The van der Waals surface area contributed by atoms with Crippen LogP contribution in [-0.2, 0) is 13.5 Å². The first-order valence-electron chi connectivity index (χ1n) is 5.19. The highest BCUT2D eigenvalue weighted by Gasteiger charge is 2.29. The monoisotopic (exact) mass is 208 g/mol. The van der Waals surface area contributed by atoms with Crippen molar-refractivity contribution in [3.05, 3.63) is 17.5 Å². The number of hydrogen-bond donors (Lipinski definition) is 1. The number of nitrogens with two attached hydrogens (primary N) is 1. The number of likely N-dealkylation sites (tertiary alicyclic amines) is 1. The summed E-state index contributed by atoms with van der Waals surface area (Å²) in [5.41, 5.74) is 7.24. The maximum absolute atomic E-state index is 11.9. The van der Waals surface area contributed by atoms with Crippen molar-refractivity contribution in [2.45, 2.75) is 19.4 Å². The Morgan fingerprint density at radius 1 is 1.67 bits per heavy atom. The number of aryl methyl sites for hydroxylation is 2. The summed E-state index contributed by atoms with van der Waals surface area (Å²) in [4.78, 5) is 13.7. The van der Waals surface area contributed by atoms with Gasteiger partial charge in [-0.1, -0.05) is 6.92 Å². The Morgan fingerprint density at radius 3 is 2.80 bits per heavy atom. The van der Waals surface area contributed by atoms with Crippen molar-refractivity contribution in [3.63, 3.8) is 0 Å². The minimum absolute atomic E-state index is 0.0337. The summed E-state index contributed by atoms with van der Waals surface area (Å²) < 4.78 is 1.64. The molecule has 1 aliphatic rings. The van der Waals surface area contributed by atoms with Crippen LogP contribution in [0.5, 0.6) is 0 Å². The van der Waals surface area contributed by atoms with Crippen LogP contribution in [0, 0.1) is 0 Å². The van der Waals surface area contributed by atoms with Crippen molar-refractivity contribution in [2.24, 2.45) is 12.8 Å². The maximum Gasteiger partial charge on any atom is 0.272 e. The number of carbonyl (C=O) groups excluding carboxylic acids is 1. The van der Waals surface area contributed by atoms with Crippen molar-refractivity contribution >= 4 is 5.91 Å². The van der Waals surface area contributed by atoms with Gasteiger partial charge in [-0.3, -0.25) is 9.48 Å². The largest absolute Gasteiger partial charge is 0.334 e. The van der Waals surface area contributed by atoms with Crippen LogP contribution in [0.25, 0.3) is 0 Å². The van der Waals surface area contributed by atoms with E-state index in [2.05, 4.69) is 5.10 Å². The van der Waals surface area contributed by atoms with E-state index in [1.165, 1.54) is 0 Å². The lowest BCUT2D eigenvalue weighted by molar-refractivity contribution is 0.0596. The molecule has 1 aliphatic heterocycles. The van der Waals surface area contributed by atoms with Gasteiger partial charge in [0, 0.05) is 26.2 Å². The van der Waals surface area contributed by atoms with Gasteiger partial charge in [-0.15, -0.1) is 0 Å². The molecule has 0 aliphatic carbocycles. The van der Waals surface area contributed by atoms with E-state index in [1.54, 1.807) is 16.6 Å². The molecule has 0 saturated carbocycles. The van der Waals surface area contributed by atoms with Crippen LogP contribution >= 0.6 is 0 Å². The number of rotatable bonds is 2. The van der Waals surface area contributed by atoms with Gasteiger partial charge >= 0.3 is 0 Å². The molecule has 0 radical (unpaired) electrons. The Bertz CT molecular complexity index is 379. The first-order valence-corrected chi connectivity index (χ1v) is 5.19. The molecule has 0 bridgehead atoms. The molecular weight excluding hydrogens is 192 g/mol. The standard InChI is InChI=1S/C10H16N4O/c1-3-8-4-9(13(2)12-8)10(15)14-5-7(11)6-14/h4,7H,3,5-6,11H2,1-2H3. The third kappa shape index (κ3) is 1.74. The van der Waals surface area contributed by atoms with Crippen LogP contribution < -0.4 is 5.73 Å². The predicted molar refractivity (Wildman–Crippen MR) is 56.5 cm³/mol. The minimum atomic E-state index is 0.0337. The molecule has 0 spiro atoms. The summed E-state index contributed by atoms with van der Waals surface area (Å²) in [6.07, 6.45) is 0.848. The summed E-state index contributed by atoms with van der Waals surface area (Å²) in [5, 5.41) is 4.25. The van der Waals surface area contributed by atoms with Crippen molar-refractivity contribution in [3.8, 4) is 0 Å². The average Bonchev–Trinajstić information content (AvgIpc) is 2.54. The molecule has 5 nitrogen and oxygen atoms in total. The van der Waals surface area contributed by atoms with Crippen molar-refractivity contribution in [1.29, 1.82) is 0 Å². The molecule has 5 heteroatoms. The molecule has 2 N–H and O–H groups in total. The quantitative estimate of drug-likeness (QED) is 0.730. The fraction of sp³-hybridized carbons (Fsp3) is 0.600. The molecule has 2 heterocycles. The van der Waals surface area contributed by atoms with Crippen LogP contribution in [0.3, 0.4) is 0 Å². The van der Waals surface area contributed by atoms with E-state index < -0.39 is 0 Å². The number of hydrogen-bond acceptors (Lipinski definition) is 3. The highest BCUT2D eigenvalue weighted by Crippen LogP contribution is 2.12. The minimum Gasteiger partial charge on any atom is -0.334 e. The van der Waals surface area contributed by atoms with Gasteiger partial charge in [0.05, 0.1) is 5.69 Å². The maximum atomic E-state index is 11.9. The van der Waals surface area contributed by atoms with E-state index in [1.807, 2.05) is 13.0 Å². The zero-order valence-electron chi connectivity index (χ0n) is 9.10. The number of carbonyl (C=O) groups is 1. The summed E-state index contributed by atoms with van der Waals surface area (Å²) in [7, 11) is 1.80. The molecule has 0 atom stereocenters. The topological polar surface area (TPSA) is 64.2 Å². The van der Waals surface area contributed by atoms with E-state index >= 15 is 0 Å². The Balaban J connectivity index is 2.14. The zero-order chi connectivity index (χ0) is 11.0.